The SMILES string of the molecule is C/C(Nc1ccc(Sc2ccc(N(CCO)CCO)cc2)cc1)=C1/C=CC=CC1. The topological polar surface area (TPSA) is 55.7 Å². The van der Waals surface area contributed by atoms with Crippen molar-refractivity contribution in [1.29, 1.82) is 0 Å². The number of hydrogen-bond acceptors (Lipinski definition) is 5. The lowest BCUT2D eigenvalue weighted by Gasteiger charge is -2.23. The molecule has 0 unspecified atom stereocenters. The van der Waals surface area contributed by atoms with Crippen LogP contribution in [0.25, 0.3) is 0 Å². The normalized spacial score (nSPS) is 14.7. The van der Waals surface area contributed by atoms with Crippen molar-refractivity contribution >= 4 is 23.1 Å². The van der Waals surface area contributed by atoms with E-state index < -0.39 is 0 Å². The summed E-state index contributed by atoms with van der Waals surface area (Å²) in [5.41, 5.74) is 4.58. The van der Waals surface area contributed by atoms with E-state index in [0.717, 1.165) is 22.7 Å². The third-order valence-electron chi connectivity index (χ3n) is 4.73. The third kappa shape index (κ3) is 6.26. The second-order valence-electron chi connectivity index (χ2n) is 6.82. The van der Waals surface area contributed by atoms with Crippen molar-refractivity contribution in [3.63, 3.8) is 0 Å². The lowest BCUT2D eigenvalue weighted by molar-refractivity contribution is 0.281. The van der Waals surface area contributed by atoms with Crippen LogP contribution in [0.1, 0.15) is 13.3 Å². The molecular weight excluding hydrogens is 380 g/mol. The molecule has 0 saturated carbocycles. The minimum Gasteiger partial charge on any atom is -0.395 e. The molecule has 4 nitrogen and oxygen atoms in total. The molecule has 152 valence electrons. The third-order valence-corrected chi connectivity index (χ3v) is 5.74. The molecule has 29 heavy (non-hydrogen) atoms. The molecule has 0 bridgehead atoms. The van der Waals surface area contributed by atoms with E-state index in [1.165, 1.54) is 16.2 Å². The molecule has 0 spiro atoms. The summed E-state index contributed by atoms with van der Waals surface area (Å²) < 4.78 is 0. The van der Waals surface area contributed by atoms with Gasteiger partial charge in [-0.3, -0.25) is 0 Å². The Morgan fingerprint density at radius 1 is 0.931 bits per heavy atom. The van der Waals surface area contributed by atoms with Crippen LogP contribution in [0.5, 0.6) is 0 Å². The Hall–Kier alpha value is -2.47. The first-order valence-corrected chi connectivity index (χ1v) is 10.7. The molecule has 0 aliphatic heterocycles. The maximum absolute atomic E-state index is 9.18. The predicted molar refractivity (Wildman–Crippen MR) is 123 cm³/mol. The summed E-state index contributed by atoms with van der Waals surface area (Å²) in [5, 5.41) is 21.9. The largest absolute Gasteiger partial charge is 0.395 e. The van der Waals surface area contributed by atoms with E-state index in [9.17, 15) is 10.2 Å². The molecule has 0 radical (unpaired) electrons. The Balaban J connectivity index is 1.61. The molecule has 2 aromatic carbocycles. The van der Waals surface area contributed by atoms with Gasteiger partial charge in [-0.05, 0) is 67.4 Å². The van der Waals surface area contributed by atoms with Gasteiger partial charge in [-0.2, -0.15) is 0 Å². The monoisotopic (exact) mass is 408 g/mol. The lowest BCUT2D eigenvalue weighted by Crippen LogP contribution is -2.29. The molecular formula is C24H28N2O2S. The van der Waals surface area contributed by atoms with Gasteiger partial charge in [0.1, 0.15) is 0 Å². The van der Waals surface area contributed by atoms with E-state index in [2.05, 4.69) is 72.9 Å². The molecule has 2 aromatic rings. The van der Waals surface area contributed by atoms with Gasteiger partial charge >= 0.3 is 0 Å². The zero-order valence-electron chi connectivity index (χ0n) is 16.7. The van der Waals surface area contributed by atoms with Crippen LogP contribution in [0, 0.1) is 0 Å². The Morgan fingerprint density at radius 2 is 1.55 bits per heavy atom. The zero-order valence-corrected chi connectivity index (χ0v) is 17.5. The summed E-state index contributed by atoms with van der Waals surface area (Å²) in [5.74, 6) is 0. The van der Waals surface area contributed by atoms with E-state index in [1.54, 1.807) is 11.8 Å². The van der Waals surface area contributed by atoms with Gasteiger partial charge in [0.2, 0.25) is 0 Å². The summed E-state index contributed by atoms with van der Waals surface area (Å²) in [4.78, 5) is 4.31. The van der Waals surface area contributed by atoms with Gasteiger partial charge < -0.3 is 20.4 Å². The Morgan fingerprint density at radius 3 is 2.10 bits per heavy atom. The Bertz CT molecular complexity index is 865. The van der Waals surface area contributed by atoms with E-state index in [4.69, 9.17) is 0 Å². The number of aliphatic hydroxyl groups excluding tert-OH is 2. The number of anilines is 2. The molecule has 0 aromatic heterocycles. The van der Waals surface area contributed by atoms with Crippen molar-refractivity contribution in [3.05, 3.63) is 84.1 Å². The first-order valence-electron chi connectivity index (χ1n) is 9.84. The van der Waals surface area contributed by atoms with Crippen LogP contribution in [-0.2, 0) is 0 Å². The molecule has 1 aliphatic rings. The lowest BCUT2D eigenvalue weighted by atomic mass is 10.1. The fraction of sp³-hybridized carbons (Fsp3) is 0.250. The van der Waals surface area contributed by atoms with Crippen molar-refractivity contribution in [3.8, 4) is 0 Å². The predicted octanol–water partition coefficient (Wildman–Crippen LogP) is 4.83. The summed E-state index contributed by atoms with van der Waals surface area (Å²) >= 11 is 1.71. The molecule has 3 N–H and O–H groups in total. The van der Waals surface area contributed by atoms with Crippen LogP contribution < -0.4 is 10.2 Å². The van der Waals surface area contributed by atoms with Gasteiger partial charge in [-0.25, -0.2) is 0 Å². The van der Waals surface area contributed by atoms with Gasteiger partial charge in [0.05, 0.1) is 13.2 Å². The summed E-state index contributed by atoms with van der Waals surface area (Å²) in [6, 6.07) is 16.7. The van der Waals surface area contributed by atoms with Gasteiger partial charge in [-0.1, -0.05) is 36.1 Å². The van der Waals surface area contributed by atoms with E-state index in [-0.39, 0.29) is 13.2 Å². The Labute approximate surface area is 177 Å². The van der Waals surface area contributed by atoms with Crippen LogP contribution in [0.4, 0.5) is 11.4 Å². The first-order chi connectivity index (χ1) is 14.2. The number of hydrogen-bond donors (Lipinski definition) is 3. The average Bonchev–Trinajstić information content (AvgIpc) is 2.76. The molecule has 0 heterocycles. The second-order valence-corrected chi connectivity index (χ2v) is 7.97. The maximum atomic E-state index is 9.18. The fourth-order valence-corrected chi connectivity index (χ4v) is 3.98. The minimum absolute atomic E-state index is 0.0695. The average molecular weight is 409 g/mol. The highest BCUT2D eigenvalue weighted by Gasteiger charge is 2.06. The van der Waals surface area contributed by atoms with Gasteiger partial charge in [0.15, 0.2) is 0 Å². The highest BCUT2D eigenvalue weighted by molar-refractivity contribution is 7.99. The van der Waals surface area contributed by atoms with Crippen LogP contribution >= 0.6 is 11.8 Å². The number of benzene rings is 2. The minimum atomic E-state index is 0.0695. The van der Waals surface area contributed by atoms with Crippen molar-refractivity contribution in [2.24, 2.45) is 0 Å². The summed E-state index contributed by atoms with van der Waals surface area (Å²) in [6.07, 6.45) is 9.43. The number of nitrogens with zero attached hydrogens (tertiary/aromatic N) is 1. The van der Waals surface area contributed by atoms with Crippen molar-refractivity contribution in [2.75, 3.05) is 36.5 Å². The van der Waals surface area contributed by atoms with E-state index in [1.807, 2.05) is 17.0 Å². The van der Waals surface area contributed by atoms with Crippen molar-refractivity contribution in [1.82, 2.24) is 0 Å². The summed E-state index contributed by atoms with van der Waals surface area (Å²) in [7, 11) is 0. The quantitative estimate of drug-likeness (QED) is 0.555. The smallest absolute Gasteiger partial charge is 0.0606 e. The molecule has 0 amide bonds. The van der Waals surface area contributed by atoms with Crippen LogP contribution in [0.15, 0.2) is 93.9 Å². The molecule has 0 fully saturated rings. The fourth-order valence-electron chi connectivity index (χ4n) is 3.17. The molecule has 5 heteroatoms. The van der Waals surface area contributed by atoms with Gasteiger partial charge in [0.25, 0.3) is 0 Å². The molecule has 0 atom stereocenters. The van der Waals surface area contributed by atoms with Crippen LogP contribution in [-0.4, -0.2) is 36.5 Å². The van der Waals surface area contributed by atoms with E-state index >= 15 is 0 Å². The van der Waals surface area contributed by atoms with Crippen molar-refractivity contribution < 1.29 is 10.2 Å². The maximum Gasteiger partial charge on any atom is 0.0606 e. The standard InChI is InChI=1S/C24H28N2O2S/c1-19(20-5-3-2-4-6-20)25-21-7-11-23(12-8-21)29-24-13-9-22(10-14-24)26(15-17-27)16-18-28/h2-5,7-14,25,27-28H,6,15-18H2,1H3/b20-19+. The number of allylic oxidation sites excluding steroid dienone is 6. The van der Waals surface area contributed by atoms with Crippen LogP contribution in [0.2, 0.25) is 0 Å². The van der Waals surface area contributed by atoms with Gasteiger partial charge in [0, 0.05) is 40.0 Å². The second kappa shape index (κ2) is 10.9. The molecule has 0 saturated heterocycles. The van der Waals surface area contributed by atoms with Crippen molar-refractivity contribution in [2.45, 2.75) is 23.1 Å². The highest BCUT2D eigenvalue weighted by atomic mass is 32.2. The molecule has 1 aliphatic carbocycles. The number of aliphatic hydroxyl groups is 2. The van der Waals surface area contributed by atoms with Gasteiger partial charge in [-0.15, -0.1) is 0 Å². The van der Waals surface area contributed by atoms with Crippen LogP contribution in [0.3, 0.4) is 0 Å². The molecule has 3 rings (SSSR count). The first kappa shape index (κ1) is 21.2. The summed E-state index contributed by atoms with van der Waals surface area (Å²) in [6.45, 7) is 3.28. The number of rotatable bonds is 9. The number of nitrogens with one attached hydrogen (secondary N) is 1. The van der Waals surface area contributed by atoms with E-state index in [0.29, 0.717) is 13.1 Å². The highest BCUT2D eigenvalue weighted by Crippen LogP contribution is 2.30. The Kier molecular flexibility index (Phi) is 7.99. The zero-order chi connectivity index (χ0) is 20.5.